The third kappa shape index (κ3) is 2.85. The Balaban J connectivity index is 2.11. The number of hydrogen-bond acceptors (Lipinski definition) is 4. The van der Waals surface area contributed by atoms with Crippen molar-refractivity contribution in [1.29, 1.82) is 0 Å². The summed E-state index contributed by atoms with van der Waals surface area (Å²) in [6, 6.07) is 6.57. The largest absolute Gasteiger partial charge is 0.476 e. The molecule has 0 saturated heterocycles. The lowest BCUT2D eigenvalue weighted by atomic mass is 10.3. The zero-order chi connectivity index (χ0) is 13.1. The number of carbonyl (C=O) groups is 2. The first-order chi connectivity index (χ1) is 8.56. The van der Waals surface area contributed by atoms with Crippen LogP contribution >= 0.6 is 22.9 Å². The third-order valence-corrected chi connectivity index (χ3v) is 3.11. The summed E-state index contributed by atoms with van der Waals surface area (Å²) in [5.74, 6) is -1.60. The van der Waals surface area contributed by atoms with Gasteiger partial charge in [0.05, 0.1) is 0 Å². The van der Waals surface area contributed by atoms with E-state index in [1.807, 2.05) is 0 Å². The van der Waals surface area contributed by atoms with Gasteiger partial charge in [0, 0.05) is 16.1 Å². The van der Waals surface area contributed by atoms with E-state index in [9.17, 15) is 9.59 Å². The van der Waals surface area contributed by atoms with E-state index in [1.165, 1.54) is 5.38 Å². The lowest BCUT2D eigenvalue weighted by Gasteiger charge is -2.02. The van der Waals surface area contributed by atoms with Crippen molar-refractivity contribution in [2.24, 2.45) is 0 Å². The van der Waals surface area contributed by atoms with E-state index >= 15 is 0 Å². The highest BCUT2D eigenvalue weighted by Crippen LogP contribution is 2.16. The molecule has 0 atom stereocenters. The second-order valence-corrected chi connectivity index (χ2v) is 4.60. The van der Waals surface area contributed by atoms with Crippen LogP contribution in [0.25, 0.3) is 0 Å². The summed E-state index contributed by atoms with van der Waals surface area (Å²) in [6.07, 6.45) is 0. The molecule has 2 N–H and O–H groups in total. The van der Waals surface area contributed by atoms with E-state index in [4.69, 9.17) is 16.7 Å². The number of amides is 1. The number of nitrogens with one attached hydrogen (secondary N) is 1. The Labute approximate surface area is 111 Å². The second kappa shape index (κ2) is 5.16. The van der Waals surface area contributed by atoms with Crippen LogP contribution in [0.1, 0.15) is 20.3 Å². The summed E-state index contributed by atoms with van der Waals surface area (Å²) >= 11 is 6.69. The predicted octanol–water partition coefficient (Wildman–Crippen LogP) is 2.75. The minimum atomic E-state index is -1.16. The molecule has 5 nitrogen and oxygen atoms in total. The van der Waals surface area contributed by atoms with Gasteiger partial charge < -0.3 is 10.4 Å². The molecule has 0 aliphatic carbocycles. The summed E-state index contributed by atoms with van der Waals surface area (Å²) in [7, 11) is 0. The number of benzene rings is 1. The molecule has 0 radical (unpaired) electrons. The molecule has 1 amide bonds. The van der Waals surface area contributed by atoms with Gasteiger partial charge in [0.1, 0.15) is 0 Å². The first kappa shape index (κ1) is 12.5. The van der Waals surface area contributed by atoms with Crippen molar-refractivity contribution >= 4 is 40.5 Å². The average Bonchev–Trinajstić information content (AvgIpc) is 2.81. The van der Waals surface area contributed by atoms with Crippen LogP contribution in [0.15, 0.2) is 29.6 Å². The topological polar surface area (TPSA) is 79.3 Å². The molecule has 92 valence electrons. The Morgan fingerprint density at radius 1 is 1.28 bits per heavy atom. The molecule has 1 aromatic carbocycles. The zero-order valence-electron chi connectivity index (χ0n) is 8.88. The average molecular weight is 283 g/mol. The number of carbonyl (C=O) groups excluding carboxylic acids is 1. The number of thiazole rings is 1. The maximum atomic E-state index is 11.7. The van der Waals surface area contributed by atoms with Crippen LogP contribution in [0.5, 0.6) is 0 Å². The van der Waals surface area contributed by atoms with E-state index in [0.29, 0.717) is 10.7 Å². The molecule has 0 fully saturated rings. The summed E-state index contributed by atoms with van der Waals surface area (Å²) in [6.45, 7) is 0. The molecule has 0 spiro atoms. The molecule has 0 aliphatic heterocycles. The SMILES string of the molecule is O=C(O)c1csc(C(=O)Nc2ccc(Cl)cc2)n1. The van der Waals surface area contributed by atoms with Crippen molar-refractivity contribution in [3.63, 3.8) is 0 Å². The van der Waals surface area contributed by atoms with Gasteiger partial charge in [-0.05, 0) is 24.3 Å². The minimum Gasteiger partial charge on any atom is -0.476 e. The lowest BCUT2D eigenvalue weighted by molar-refractivity contribution is 0.0691. The molecule has 0 bridgehead atoms. The molecule has 2 aromatic rings. The number of aromatic nitrogens is 1. The monoisotopic (exact) mass is 282 g/mol. The van der Waals surface area contributed by atoms with Crippen molar-refractivity contribution in [2.45, 2.75) is 0 Å². The predicted molar refractivity (Wildman–Crippen MR) is 68.5 cm³/mol. The van der Waals surface area contributed by atoms with Gasteiger partial charge in [-0.25, -0.2) is 9.78 Å². The van der Waals surface area contributed by atoms with Crippen molar-refractivity contribution in [3.8, 4) is 0 Å². The molecule has 2 rings (SSSR count). The van der Waals surface area contributed by atoms with Gasteiger partial charge in [0.15, 0.2) is 10.7 Å². The van der Waals surface area contributed by atoms with Gasteiger partial charge in [-0.3, -0.25) is 4.79 Å². The number of halogens is 1. The van der Waals surface area contributed by atoms with Crippen LogP contribution in [0.3, 0.4) is 0 Å². The first-order valence-corrected chi connectivity index (χ1v) is 6.08. The summed E-state index contributed by atoms with van der Waals surface area (Å²) < 4.78 is 0. The van der Waals surface area contributed by atoms with Crippen LogP contribution in [0.4, 0.5) is 5.69 Å². The highest BCUT2D eigenvalue weighted by atomic mass is 35.5. The minimum absolute atomic E-state index is 0.0994. The number of nitrogens with zero attached hydrogens (tertiary/aromatic N) is 1. The van der Waals surface area contributed by atoms with Crippen LogP contribution in [-0.4, -0.2) is 22.0 Å². The van der Waals surface area contributed by atoms with E-state index in [-0.39, 0.29) is 10.7 Å². The summed E-state index contributed by atoms with van der Waals surface area (Å²) in [4.78, 5) is 26.1. The number of carboxylic acids is 1. The maximum absolute atomic E-state index is 11.7. The van der Waals surface area contributed by atoms with Crippen molar-refractivity contribution in [3.05, 3.63) is 45.4 Å². The van der Waals surface area contributed by atoms with E-state index in [2.05, 4.69) is 10.3 Å². The Bertz CT molecular complexity index is 595. The van der Waals surface area contributed by atoms with Gasteiger partial charge in [-0.15, -0.1) is 11.3 Å². The molecule has 7 heteroatoms. The number of hydrogen-bond donors (Lipinski definition) is 2. The van der Waals surface area contributed by atoms with Crippen LogP contribution < -0.4 is 5.32 Å². The van der Waals surface area contributed by atoms with E-state index in [1.54, 1.807) is 24.3 Å². The second-order valence-electron chi connectivity index (χ2n) is 3.30. The number of carboxylic acid groups (broad SMARTS) is 1. The Morgan fingerprint density at radius 2 is 1.94 bits per heavy atom. The van der Waals surface area contributed by atoms with E-state index in [0.717, 1.165) is 11.3 Å². The fourth-order valence-corrected chi connectivity index (χ4v) is 2.01. The summed E-state index contributed by atoms with van der Waals surface area (Å²) in [5.41, 5.74) is 0.428. The molecule has 1 heterocycles. The van der Waals surface area contributed by atoms with Gasteiger partial charge in [0.25, 0.3) is 5.91 Å². The fraction of sp³-hybridized carbons (Fsp3) is 0. The lowest BCUT2D eigenvalue weighted by Crippen LogP contribution is -2.12. The molecule has 0 saturated carbocycles. The summed E-state index contributed by atoms with van der Waals surface area (Å²) in [5, 5.41) is 13.3. The fourth-order valence-electron chi connectivity index (χ4n) is 1.19. The number of aromatic carboxylic acids is 1. The van der Waals surface area contributed by atoms with Gasteiger partial charge in [0.2, 0.25) is 0 Å². The number of anilines is 1. The Morgan fingerprint density at radius 3 is 2.50 bits per heavy atom. The smallest absolute Gasteiger partial charge is 0.355 e. The Kier molecular flexibility index (Phi) is 3.59. The van der Waals surface area contributed by atoms with Crippen molar-refractivity contribution in [1.82, 2.24) is 4.98 Å². The van der Waals surface area contributed by atoms with E-state index < -0.39 is 11.9 Å². The zero-order valence-corrected chi connectivity index (χ0v) is 10.5. The number of rotatable bonds is 3. The molecular formula is C11H7ClN2O3S. The highest BCUT2D eigenvalue weighted by Gasteiger charge is 2.14. The molecule has 0 unspecified atom stereocenters. The van der Waals surface area contributed by atoms with Gasteiger partial charge >= 0.3 is 5.97 Å². The van der Waals surface area contributed by atoms with Gasteiger partial charge in [-0.2, -0.15) is 0 Å². The van der Waals surface area contributed by atoms with Gasteiger partial charge in [-0.1, -0.05) is 11.6 Å². The van der Waals surface area contributed by atoms with Crippen molar-refractivity contribution < 1.29 is 14.7 Å². The standard InChI is InChI=1S/C11H7ClN2O3S/c12-6-1-3-7(4-2-6)13-9(15)10-14-8(5-18-10)11(16)17/h1-5H,(H,13,15)(H,16,17). The van der Waals surface area contributed by atoms with Crippen LogP contribution in [-0.2, 0) is 0 Å². The van der Waals surface area contributed by atoms with Crippen LogP contribution in [0.2, 0.25) is 5.02 Å². The molecule has 0 aliphatic rings. The molecule has 1 aromatic heterocycles. The Hall–Kier alpha value is -1.92. The molecular weight excluding hydrogens is 276 g/mol. The normalized spacial score (nSPS) is 10.1. The van der Waals surface area contributed by atoms with Crippen LogP contribution in [0, 0.1) is 0 Å². The third-order valence-electron chi connectivity index (χ3n) is 2.02. The van der Waals surface area contributed by atoms with Crippen molar-refractivity contribution in [2.75, 3.05) is 5.32 Å². The molecule has 18 heavy (non-hydrogen) atoms. The maximum Gasteiger partial charge on any atom is 0.355 e. The first-order valence-electron chi connectivity index (χ1n) is 4.82. The quantitative estimate of drug-likeness (QED) is 0.907. The highest BCUT2D eigenvalue weighted by molar-refractivity contribution is 7.12.